The van der Waals surface area contributed by atoms with Gasteiger partial charge in [-0.15, -0.1) is 0 Å². The Hall–Kier alpha value is -1.72. The molecule has 4 nitrogen and oxygen atoms in total. The van der Waals surface area contributed by atoms with Crippen molar-refractivity contribution < 1.29 is 9.50 Å². The van der Waals surface area contributed by atoms with E-state index in [0.717, 1.165) is 25.9 Å². The molecular formula is C16H20FN3O. The Labute approximate surface area is 123 Å². The highest BCUT2D eigenvalue weighted by atomic mass is 19.1. The van der Waals surface area contributed by atoms with E-state index in [2.05, 4.69) is 10.00 Å². The first kappa shape index (κ1) is 14.2. The maximum absolute atomic E-state index is 13.2. The highest BCUT2D eigenvalue weighted by molar-refractivity contribution is 5.19. The van der Waals surface area contributed by atoms with Crippen LogP contribution in [0.1, 0.15) is 24.5 Å². The van der Waals surface area contributed by atoms with E-state index in [0.29, 0.717) is 18.2 Å². The molecular weight excluding hydrogens is 269 g/mol. The summed E-state index contributed by atoms with van der Waals surface area (Å²) in [6.45, 7) is 2.34. The van der Waals surface area contributed by atoms with Crippen LogP contribution in [-0.4, -0.2) is 38.9 Å². The van der Waals surface area contributed by atoms with Gasteiger partial charge in [-0.3, -0.25) is 9.58 Å². The average molecular weight is 289 g/mol. The number of rotatable bonds is 5. The van der Waals surface area contributed by atoms with Crippen molar-refractivity contribution in [3.8, 4) is 0 Å². The molecule has 1 aliphatic rings. The van der Waals surface area contributed by atoms with Crippen LogP contribution in [-0.2, 0) is 6.54 Å². The third kappa shape index (κ3) is 3.49. The van der Waals surface area contributed by atoms with Gasteiger partial charge in [0.15, 0.2) is 0 Å². The molecule has 1 fully saturated rings. The van der Waals surface area contributed by atoms with Crippen LogP contribution in [0.5, 0.6) is 0 Å². The number of nitrogens with zero attached hydrogens (tertiary/aromatic N) is 3. The second-order valence-corrected chi connectivity index (χ2v) is 5.59. The quantitative estimate of drug-likeness (QED) is 0.917. The molecule has 3 rings (SSSR count). The van der Waals surface area contributed by atoms with Crippen molar-refractivity contribution in [1.82, 2.24) is 14.7 Å². The van der Waals surface area contributed by atoms with E-state index in [1.54, 1.807) is 18.3 Å². The normalized spacial score (nSPS) is 20.8. The van der Waals surface area contributed by atoms with Crippen molar-refractivity contribution in [2.24, 2.45) is 0 Å². The van der Waals surface area contributed by atoms with Crippen LogP contribution in [0.3, 0.4) is 0 Å². The van der Waals surface area contributed by atoms with Crippen LogP contribution in [0, 0.1) is 5.82 Å². The van der Waals surface area contributed by atoms with Gasteiger partial charge in [0.05, 0.1) is 12.6 Å². The summed E-state index contributed by atoms with van der Waals surface area (Å²) in [5, 5.41) is 14.6. The lowest BCUT2D eigenvalue weighted by Crippen LogP contribution is -2.36. The summed E-state index contributed by atoms with van der Waals surface area (Å²) in [5.41, 5.74) is 0.639. The molecule has 0 bridgehead atoms. The topological polar surface area (TPSA) is 41.3 Å². The second-order valence-electron chi connectivity index (χ2n) is 5.59. The van der Waals surface area contributed by atoms with E-state index in [9.17, 15) is 9.50 Å². The molecule has 1 saturated heterocycles. The van der Waals surface area contributed by atoms with E-state index in [1.807, 2.05) is 16.9 Å². The smallest absolute Gasteiger partial charge is 0.123 e. The molecule has 1 aromatic heterocycles. The maximum Gasteiger partial charge on any atom is 0.123 e. The predicted molar refractivity (Wildman–Crippen MR) is 78.2 cm³/mol. The first-order valence-corrected chi connectivity index (χ1v) is 7.37. The largest absolute Gasteiger partial charge is 0.387 e. The summed E-state index contributed by atoms with van der Waals surface area (Å²) < 4.78 is 15.2. The Morgan fingerprint density at radius 1 is 1.38 bits per heavy atom. The Balaban J connectivity index is 1.63. The van der Waals surface area contributed by atoms with Crippen molar-refractivity contribution in [3.05, 3.63) is 54.1 Å². The molecule has 0 radical (unpaired) electrons. The number of aromatic nitrogens is 2. The van der Waals surface area contributed by atoms with Crippen molar-refractivity contribution >= 4 is 0 Å². The van der Waals surface area contributed by atoms with Crippen LogP contribution in [0.2, 0.25) is 0 Å². The number of halogens is 1. The fourth-order valence-corrected chi connectivity index (χ4v) is 3.01. The van der Waals surface area contributed by atoms with E-state index < -0.39 is 6.10 Å². The van der Waals surface area contributed by atoms with Gasteiger partial charge in [-0.05, 0) is 43.1 Å². The summed E-state index contributed by atoms with van der Waals surface area (Å²) in [4.78, 5) is 2.28. The molecule has 0 spiro atoms. The molecule has 1 aliphatic heterocycles. The van der Waals surface area contributed by atoms with Gasteiger partial charge in [-0.1, -0.05) is 12.1 Å². The van der Waals surface area contributed by atoms with Gasteiger partial charge in [-0.25, -0.2) is 4.39 Å². The van der Waals surface area contributed by atoms with E-state index in [-0.39, 0.29) is 5.82 Å². The van der Waals surface area contributed by atoms with Gasteiger partial charge in [0.2, 0.25) is 0 Å². The fraction of sp³-hybridized carbons (Fsp3) is 0.438. The number of hydrogen-bond donors (Lipinski definition) is 1. The maximum atomic E-state index is 13.2. The number of β-amino-alcohol motifs (C(OH)–C–C–N with tert-alkyl or cyclic N) is 1. The molecule has 112 valence electrons. The average Bonchev–Trinajstić information content (AvgIpc) is 3.12. The summed E-state index contributed by atoms with van der Waals surface area (Å²) >= 11 is 0. The van der Waals surface area contributed by atoms with Gasteiger partial charge < -0.3 is 5.11 Å². The lowest BCUT2D eigenvalue weighted by atomic mass is 10.1. The SMILES string of the molecule is O[C@H](CN1CCC[C@@H]1Cn1cccn1)c1cccc(F)c1. The molecule has 1 aromatic carbocycles. The monoisotopic (exact) mass is 289 g/mol. The number of likely N-dealkylation sites (tertiary alicyclic amines) is 1. The fourth-order valence-electron chi connectivity index (χ4n) is 3.01. The highest BCUT2D eigenvalue weighted by Gasteiger charge is 2.27. The zero-order chi connectivity index (χ0) is 14.7. The van der Waals surface area contributed by atoms with Gasteiger partial charge >= 0.3 is 0 Å². The second kappa shape index (κ2) is 6.37. The van der Waals surface area contributed by atoms with Crippen LogP contribution in [0.15, 0.2) is 42.7 Å². The summed E-state index contributed by atoms with van der Waals surface area (Å²) in [6.07, 6.45) is 5.32. The van der Waals surface area contributed by atoms with Gasteiger partial charge in [0.25, 0.3) is 0 Å². The highest BCUT2D eigenvalue weighted by Crippen LogP contribution is 2.23. The van der Waals surface area contributed by atoms with E-state index in [1.165, 1.54) is 12.1 Å². The molecule has 0 amide bonds. The van der Waals surface area contributed by atoms with Gasteiger partial charge in [0, 0.05) is 25.0 Å². The number of benzene rings is 1. The van der Waals surface area contributed by atoms with Crippen LogP contribution in [0.4, 0.5) is 4.39 Å². The van der Waals surface area contributed by atoms with Crippen molar-refractivity contribution in [2.75, 3.05) is 13.1 Å². The van der Waals surface area contributed by atoms with Gasteiger partial charge in [-0.2, -0.15) is 5.10 Å². The van der Waals surface area contributed by atoms with Crippen molar-refractivity contribution in [3.63, 3.8) is 0 Å². The Kier molecular flexibility index (Phi) is 4.31. The number of aliphatic hydroxyl groups excluding tert-OH is 1. The lowest BCUT2D eigenvalue weighted by molar-refractivity contribution is 0.100. The molecule has 2 atom stereocenters. The molecule has 21 heavy (non-hydrogen) atoms. The van der Waals surface area contributed by atoms with Crippen LogP contribution < -0.4 is 0 Å². The molecule has 0 aliphatic carbocycles. The number of aliphatic hydroxyl groups is 1. The van der Waals surface area contributed by atoms with Crippen LogP contribution in [0.25, 0.3) is 0 Å². The predicted octanol–water partition coefficient (Wildman–Crippen LogP) is 2.22. The molecule has 1 N–H and O–H groups in total. The third-order valence-corrected chi connectivity index (χ3v) is 4.10. The van der Waals surface area contributed by atoms with E-state index in [4.69, 9.17) is 0 Å². The summed E-state index contributed by atoms with van der Waals surface area (Å²) in [7, 11) is 0. The molecule has 5 heteroatoms. The summed E-state index contributed by atoms with van der Waals surface area (Å²) in [5.74, 6) is -0.305. The van der Waals surface area contributed by atoms with Crippen molar-refractivity contribution in [2.45, 2.75) is 31.5 Å². The minimum absolute atomic E-state index is 0.305. The zero-order valence-electron chi connectivity index (χ0n) is 11.9. The summed E-state index contributed by atoms with van der Waals surface area (Å²) in [6, 6.07) is 8.51. The molecule has 0 saturated carbocycles. The first-order valence-electron chi connectivity index (χ1n) is 7.37. The van der Waals surface area contributed by atoms with Gasteiger partial charge in [0.1, 0.15) is 5.82 Å². The third-order valence-electron chi connectivity index (χ3n) is 4.10. The molecule has 2 aromatic rings. The first-order chi connectivity index (χ1) is 10.2. The van der Waals surface area contributed by atoms with Crippen LogP contribution >= 0.6 is 0 Å². The van der Waals surface area contributed by atoms with E-state index >= 15 is 0 Å². The standard InChI is InChI=1S/C16H20FN3O/c17-14-5-1-4-13(10-14)16(21)12-19-8-2-6-15(19)11-20-9-3-7-18-20/h1,3-5,7,9-10,15-16,21H,2,6,8,11-12H2/t15-,16-/m1/s1. The number of hydrogen-bond acceptors (Lipinski definition) is 3. The van der Waals surface area contributed by atoms with Crippen molar-refractivity contribution in [1.29, 1.82) is 0 Å². The molecule has 0 unspecified atom stereocenters. The molecule has 2 heterocycles. The zero-order valence-corrected chi connectivity index (χ0v) is 11.9. The minimum atomic E-state index is -0.654. The minimum Gasteiger partial charge on any atom is -0.387 e. The Bertz CT molecular complexity index is 573. The Morgan fingerprint density at radius 2 is 2.29 bits per heavy atom. The lowest BCUT2D eigenvalue weighted by Gasteiger charge is -2.27. The Morgan fingerprint density at radius 3 is 3.05 bits per heavy atom.